The van der Waals surface area contributed by atoms with Gasteiger partial charge in [0.05, 0.1) is 13.7 Å². The second-order valence-electron chi connectivity index (χ2n) is 4.03. The molecule has 0 spiro atoms. The molecule has 1 atom stereocenters. The van der Waals surface area contributed by atoms with Crippen molar-refractivity contribution < 1.29 is 19.1 Å². The first kappa shape index (κ1) is 15.9. The van der Waals surface area contributed by atoms with Crippen molar-refractivity contribution in [1.82, 2.24) is 0 Å². The van der Waals surface area contributed by atoms with E-state index in [1.54, 1.807) is 6.92 Å². The summed E-state index contributed by atoms with van der Waals surface area (Å²) >= 11 is 0. The van der Waals surface area contributed by atoms with E-state index in [0.717, 1.165) is 19.3 Å². The molecule has 17 heavy (non-hydrogen) atoms. The number of rotatable bonds is 9. The highest BCUT2D eigenvalue weighted by Crippen LogP contribution is 2.14. The third-order valence-corrected chi connectivity index (χ3v) is 2.65. The maximum Gasteiger partial charge on any atom is 0.320 e. The molecule has 0 aromatic rings. The SMILES string of the molecule is CCCCCCCC(C(=O)OC)C(=O)OCC. The number of ether oxygens (including phenoxy) is 2. The molecule has 0 saturated heterocycles. The van der Waals surface area contributed by atoms with Crippen molar-refractivity contribution in [3.63, 3.8) is 0 Å². The molecular formula is C13H24O4. The Morgan fingerprint density at radius 1 is 1.00 bits per heavy atom. The maximum absolute atomic E-state index is 11.5. The lowest BCUT2D eigenvalue weighted by Crippen LogP contribution is -2.27. The highest BCUT2D eigenvalue weighted by atomic mass is 16.5. The first-order valence-corrected chi connectivity index (χ1v) is 6.41. The summed E-state index contributed by atoms with van der Waals surface area (Å²) in [7, 11) is 1.30. The van der Waals surface area contributed by atoms with E-state index in [2.05, 4.69) is 11.7 Å². The molecule has 0 heterocycles. The third kappa shape index (κ3) is 6.97. The first-order chi connectivity index (χ1) is 8.17. The Morgan fingerprint density at radius 3 is 2.18 bits per heavy atom. The van der Waals surface area contributed by atoms with E-state index in [4.69, 9.17) is 4.74 Å². The summed E-state index contributed by atoms with van der Waals surface area (Å²) in [6.07, 6.45) is 5.95. The van der Waals surface area contributed by atoms with E-state index in [1.165, 1.54) is 20.0 Å². The molecule has 0 saturated carbocycles. The highest BCUT2D eigenvalue weighted by molar-refractivity contribution is 5.94. The Bertz CT molecular complexity index is 225. The van der Waals surface area contributed by atoms with Crippen LogP contribution in [0.5, 0.6) is 0 Å². The van der Waals surface area contributed by atoms with Crippen LogP contribution in [-0.2, 0) is 19.1 Å². The molecule has 0 aliphatic heterocycles. The Hall–Kier alpha value is -1.06. The fourth-order valence-corrected chi connectivity index (χ4v) is 1.67. The van der Waals surface area contributed by atoms with Crippen molar-refractivity contribution in [2.24, 2.45) is 5.92 Å². The number of methoxy groups -OCH3 is 1. The van der Waals surface area contributed by atoms with Crippen LogP contribution in [0.4, 0.5) is 0 Å². The maximum atomic E-state index is 11.5. The number of unbranched alkanes of at least 4 members (excludes halogenated alkanes) is 4. The standard InChI is InChI=1S/C13H24O4/c1-4-6-7-8-9-10-11(12(14)16-3)13(15)17-5-2/h11H,4-10H2,1-3H3. The summed E-state index contributed by atoms with van der Waals surface area (Å²) in [4.78, 5) is 23.0. The van der Waals surface area contributed by atoms with Crippen LogP contribution in [0.25, 0.3) is 0 Å². The molecular weight excluding hydrogens is 220 g/mol. The van der Waals surface area contributed by atoms with Gasteiger partial charge in [0.25, 0.3) is 0 Å². The monoisotopic (exact) mass is 244 g/mol. The van der Waals surface area contributed by atoms with E-state index >= 15 is 0 Å². The van der Waals surface area contributed by atoms with Crippen molar-refractivity contribution >= 4 is 11.9 Å². The topological polar surface area (TPSA) is 52.6 Å². The fraction of sp³-hybridized carbons (Fsp3) is 0.846. The van der Waals surface area contributed by atoms with Crippen LogP contribution in [0.15, 0.2) is 0 Å². The van der Waals surface area contributed by atoms with Gasteiger partial charge in [-0.2, -0.15) is 0 Å². The average molecular weight is 244 g/mol. The van der Waals surface area contributed by atoms with Crippen LogP contribution >= 0.6 is 0 Å². The van der Waals surface area contributed by atoms with Gasteiger partial charge in [-0.05, 0) is 13.3 Å². The van der Waals surface area contributed by atoms with Gasteiger partial charge in [-0.15, -0.1) is 0 Å². The van der Waals surface area contributed by atoms with E-state index in [-0.39, 0.29) is 0 Å². The molecule has 0 N–H and O–H groups in total. The molecule has 0 aromatic carbocycles. The van der Waals surface area contributed by atoms with Gasteiger partial charge < -0.3 is 9.47 Å². The van der Waals surface area contributed by atoms with E-state index in [9.17, 15) is 9.59 Å². The summed E-state index contributed by atoms with van der Waals surface area (Å²) < 4.78 is 9.48. The van der Waals surface area contributed by atoms with Gasteiger partial charge in [-0.3, -0.25) is 9.59 Å². The highest BCUT2D eigenvalue weighted by Gasteiger charge is 2.28. The number of hydrogen-bond donors (Lipinski definition) is 0. The second kappa shape index (κ2) is 10.1. The number of hydrogen-bond acceptors (Lipinski definition) is 4. The molecule has 0 amide bonds. The van der Waals surface area contributed by atoms with Gasteiger partial charge in [-0.25, -0.2) is 0 Å². The Balaban J connectivity index is 4.02. The molecule has 4 heteroatoms. The minimum atomic E-state index is -0.749. The second-order valence-corrected chi connectivity index (χ2v) is 4.03. The van der Waals surface area contributed by atoms with E-state index in [0.29, 0.717) is 13.0 Å². The Kier molecular flexibility index (Phi) is 9.49. The molecule has 0 aliphatic carbocycles. The number of carbonyl (C=O) groups is 2. The summed E-state index contributed by atoms with van der Waals surface area (Å²) in [6, 6.07) is 0. The fourth-order valence-electron chi connectivity index (χ4n) is 1.67. The lowest BCUT2D eigenvalue weighted by Gasteiger charge is -2.12. The molecule has 0 radical (unpaired) electrons. The van der Waals surface area contributed by atoms with E-state index in [1.807, 2.05) is 0 Å². The van der Waals surface area contributed by atoms with Gasteiger partial charge in [0.1, 0.15) is 0 Å². The zero-order chi connectivity index (χ0) is 13.1. The molecule has 0 fully saturated rings. The van der Waals surface area contributed by atoms with Crippen molar-refractivity contribution in [1.29, 1.82) is 0 Å². The molecule has 1 unspecified atom stereocenters. The summed E-state index contributed by atoms with van der Waals surface area (Å²) in [5.74, 6) is -1.70. The van der Waals surface area contributed by atoms with Crippen molar-refractivity contribution in [2.45, 2.75) is 52.4 Å². The van der Waals surface area contributed by atoms with Crippen LogP contribution in [0.3, 0.4) is 0 Å². The first-order valence-electron chi connectivity index (χ1n) is 6.41. The number of carbonyl (C=O) groups excluding carboxylic acids is 2. The Morgan fingerprint density at radius 2 is 1.65 bits per heavy atom. The van der Waals surface area contributed by atoms with Gasteiger partial charge >= 0.3 is 11.9 Å². The molecule has 4 nitrogen and oxygen atoms in total. The van der Waals surface area contributed by atoms with Crippen LogP contribution in [0.2, 0.25) is 0 Å². The molecule has 0 aliphatic rings. The quantitative estimate of drug-likeness (QED) is 0.355. The van der Waals surface area contributed by atoms with Crippen LogP contribution < -0.4 is 0 Å². The lowest BCUT2D eigenvalue weighted by atomic mass is 10.0. The third-order valence-electron chi connectivity index (χ3n) is 2.65. The van der Waals surface area contributed by atoms with Crippen LogP contribution in [0, 0.1) is 5.92 Å². The minimum absolute atomic E-state index is 0.294. The lowest BCUT2D eigenvalue weighted by molar-refractivity contribution is -0.160. The van der Waals surface area contributed by atoms with Crippen molar-refractivity contribution in [3.05, 3.63) is 0 Å². The van der Waals surface area contributed by atoms with E-state index < -0.39 is 17.9 Å². The average Bonchev–Trinajstić information content (AvgIpc) is 2.33. The van der Waals surface area contributed by atoms with Crippen LogP contribution in [-0.4, -0.2) is 25.7 Å². The van der Waals surface area contributed by atoms with Gasteiger partial charge in [-0.1, -0.05) is 39.0 Å². The summed E-state index contributed by atoms with van der Waals surface area (Å²) in [5, 5.41) is 0. The normalized spacial score (nSPS) is 11.9. The summed E-state index contributed by atoms with van der Waals surface area (Å²) in [6.45, 7) is 4.17. The minimum Gasteiger partial charge on any atom is -0.468 e. The Labute approximate surface area is 104 Å². The molecule has 100 valence electrons. The smallest absolute Gasteiger partial charge is 0.320 e. The molecule has 0 rings (SSSR count). The predicted octanol–water partition coefficient (Wildman–Crippen LogP) is 2.70. The number of esters is 2. The van der Waals surface area contributed by atoms with Gasteiger partial charge in [0.15, 0.2) is 5.92 Å². The predicted molar refractivity (Wildman–Crippen MR) is 65.5 cm³/mol. The van der Waals surface area contributed by atoms with Gasteiger partial charge in [0, 0.05) is 0 Å². The van der Waals surface area contributed by atoms with Crippen LogP contribution in [0.1, 0.15) is 52.4 Å². The molecule has 0 aromatic heterocycles. The largest absolute Gasteiger partial charge is 0.468 e. The zero-order valence-electron chi connectivity index (χ0n) is 11.2. The molecule has 0 bridgehead atoms. The van der Waals surface area contributed by atoms with Crippen molar-refractivity contribution in [2.75, 3.05) is 13.7 Å². The van der Waals surface area contributed by atoms with Crippen molar-refractivity contribution in [3.8, 4) is 0 Å². The summed E-state index contributed by atoms with van der Waals surface area (Å²) in [5.41, 5.74) is 0. The van der Waals surface area contributed by atoms with Gasteiger partial charge in [0.2, 0.25) is 0 Å². The zero-order valence-corrected chi connectivity index (χ0v) is 11.2.